The highest BCUT2D eigenvalue weighted by atomic mass is 16.5. The van der Waals surface area contributed by atoms with Gasteiger partial charge in [0.1, 0.15) is 11.6 Å². The number of aliphatic carboxylic acids is 1. The second kappa shape index (κ2) is 11.9. The second-order valence-corrected chi connectivity index (χ2v) is 10.5. The molecule has 9 nitrogen and oxygen atoms in total. The highest BCUT2D eigenvalue weighted by molar-refractivity contribution is 5.91. The van der Waals surface area contributed by atoms with Gasteiger partial charge >= 0.3 is 11.9 Å². The number of piperidine rings is 1. The van der Waals surface area contributed by atoms with Crippen LogP contribution in [0.25, 0.3) is 0 Å². The number of anilines is 1. The average Bonchev–Trinajstić information content (AvgIpc) is 3.47. The van der Waals surface area contributed by atoms with Gasteiger partial charge in [0.15, 0.2) is 0 Å². The zero-order valence-corrected chi connectivity index (χ0v) is 22.8. The van der Waals surface area contributed by atoms with Crippen molar-refractivity contribution >= 4 is 29.4 Å². The van der Waals surface area contributed by atoms with E-state index in [4.69, 9.17) is 4.74 Å². The van der Waals surface area contributed by atoms with E-state index in [-0.39, 0.29) is 11.8 Å². The molecule has 0 aromatic heterocycles. The van der Waals surface area contributed by atoms with Crippen LogP contribution in [-0.4, -0.2) is 72.1 Å². The third-order valence-electron chi connectivity index (χ3n) is 8.18. The lowest BCUT2D eigenvalue weighted by atomic mass is 9.85. The van der Waals surface area contributed by atoms with Gasteiger partial charge in [-0.3, -0.25) is 9.59 Å². The standard InChI is InChI=1S/C30H37N3O6/c1-20(22-9-5-4-6-10-22)26(34)31-30(29(38)39-3)14-17-32(18-15-30)24-12-7-11-23(19-24)21(2)27(35)33-16-8-13-25(33)28(36)37/h4-7,9-12,19-21,25H,8,13-18H2,1-3H3,(H,31,34)(H,36,37)/t20?,21?,25-/m0/s1. The van der Waals surface area contributed by atoms with Gasteiger partial charge in [-0.1, -0.05) is 42.5 Å². The van der Waals surface area contributed by atoms with E-state index in [1.54, 1.807) is 6.92 Å². The largest absolute Gasteiger partial charge is 0.480 e. The predicted octanol–water partition coefficient (Wildman–Crippen LogP) is 3.30. The summed E-state index contributed by atoms with van der Waals surface area (Å²) in [6.07, 6.45) is 1.91. The van der Waals surface area contributed by atoms with Crippen LogP contribution in [0.5, 0.6) is 0 Å². The molecule has 0 saturated carbocycles. The van der Waals surface area contributed by atoms with Crippen LogP contribution in [0.3, 0.4) is 0 Å². The Bertz CT molecular complexity index is 1210. The van der Waals surface area contributed by atoms with Crippen LogP contribution in [0.4, 0.5) is 5.69 Å². The summed E-state index contributed by atoms with van der Waals surface area (Å²) in [6.45, 7) is 5.10. The van der Waals surface area contributed by atoms with Gasteiger partial charge in [-0.05, 0) is 62.8 Å². The Morgan fingerprint density at radius 1 is 0.949 bits per heavy atom. The summed E-state index contributed by atoms with van der Waals surface area (Å²) in [6, 6.07) is 16.3. The number of benzene rings is 2. The monoisotopic (exact) mass is 535 g/mol. The molecule has 2 heterocycles. The van der Waals surface area contributed by atoms with E-state index in [2.05, 4.69) is 10.2 Å². The molecule has 2 amide bonds. The summed E-state index contributed by atoms with van der Waals surface area (Å²) in [7, 11) is 1.33. The van der Waals surface area contributed by atoms with E-state index in [9.17, 15) is 24.3 Å². The van der Waals surface area contributed by atoms with Gasteiger partial charge in [-0.25, -0.2) is 9.59 Å². The first kappa shape index (κ1) is 28.1. The first-order chi connectivity index (χ1) is 18.7. The van der Waals surface area contributed by atoms with Crippen molar-refractivity contribution in [3.05, 3.63) is 65.7 Å². The van der Waals surface area contributed by atoms with Crippen molar-refractivity contribution in [1.82, 2.24) is 10.2 Å². The number of carboxylic acids is 1. The number of amides is 2. The maximum Gasteiger partial charge on any atom is 0.331 e. The Balaban J connectivity index is 1.45. The van der Waals surface area contributed by atoms with Crippen molar-refractivity contribution in [1.29, 1.82) is 0 Å². The summed E-state index contributed by atoms with van der Waals surface area (Å²) >= 11 is 0. The van der Waals surface area contributed by atoms with Gasteiger partial charge in [0.25, 0.3) is 0 Å². The molecule has 39 heavy (non-hydrogen) atoms. The number of rotatable bonds is 8. The Labute approximate surface area is 229 Å². The molecule has 2 N–H and O–H groups in total. The zero-order valence-electron chi connectivity index (χ0n) is 22.8. The van der Waals surface area contributed by atoms with Crippen LogP contribution in [0, 0.1) is 0 Å². The van der Waals surface area contributed by atoms with E-state index in [0.29, 0.717) is 45.3 Å². The van der Waals surface area contributed by atoms with Crippen LogP contribution >= 0.6 is 0 Å². The van der Waals surface area contributed by atoms with Gasteiger partial charge in [0, 0.05) is 25.3 Å². The van der Waals surface area contributed by atoms with Crippen molar-refractivity contribution in [3.63, 3.8) is 0 Å². The number of methoxy groups -OCH3 is 1. The van der Waals surface area contributed by atoms with E-state index >= 15 is 0 Å². The Hall–Kier alpha value is -3.88. The number of nitrogens with zero attached hydrogens (tertiary/aromatic N) is 2. The van der Waals surface area contributed by atoms with Gasteiger partial charge in [0.05, 0.1) is 18.9 Å². The van der Waals surface area contributed by atoms with E-state index in [1.807, 2.05) is 61.5 Å². The summed E-state index contributed by atoms with van der Waals surface area (Å²) in [4.78, 5) is 54.4. The van der Waals surface area contributed by atoms with Crippen LogP contribution in [0.15, 0.2) is 54.6 Å². The van der Waals surface area contributed by atoms with Crippen LogP contribution in [-0.2, 0) is 23.9 Å². The zero-order chi connectivity index (χ0) is 28.2. The van der Waals surface area contributed by atoms with Crippen molar-refractivity contribution in [2.75, 3.05) is 31.6 Å². The van der Waals surface area contributed by atoms with Gasteiger partial charge < -0.3 is 25.0 Å². The minimum Gasteiger partial charge on any atom is -0.480 e. The maximum absolute atomic E-state index is 13.2. The number of carbonyl (C=O) groups is 4. The molecule has 3 atom stereocenters. The molecule has 0 aliphatic carbocycles. The van der Waals surface area contributed by atoms with Crippen molar-refractivity contribution in [2.24, 2.45) is 0 Å². The smallest absolute Gasteiger partial charge is 0.331 e. The Kier molecular flexibility index (Phi) is 8.57. The lowest BCUT2D eigenvalue weighted by Crippen LogP contribution is -2.61. The van der Waals surface area contributed by atoms with Crippen molar-refractivity contribution in [2.45, 2.75) is 62.9 Å². The van der Waals surface area contributed by atoms with Gasteiger partial charge in [0.2, 0.25) is 11.8 Å². The molecule has 2 aromatic carbocycles. The maximum atomic E-state index is 13.2. The van der Waals surface area contributed by atoms with Crippen LogP contribution in [0.2, 0.25) is 0 Å². The molecule has 9 heteroatoms. The molecule has 2 saturated heterocycles. The molecule has 2 unspecified atom stereocenters. The lowest BCUT2D eigenvalue weighted by Gasteiger charge is -2.41. The number of esters is 1. The van der Waals surface area contributed by atoms with Gasteiger partial charge in [-0.2, -0.15) is 0 Å². The fraction of sp³-hybridized carbons (Fsp3) is 0.467. The number of carboxylic acid groups (broad SMARTS) is 1. The minimum atomic E-state index is -1.12. The number of nitrogens with one attached hydrogen (secondary N) is 1. The van der Waals surface area contributed by atoms with Gasteiger partial charge in [-0.15, -0.1) is 0 Å². The first-order valence-electron chi connectivity index (χ1n) is 13.5. The quantitative estimate of drug-likeness (QED) is 0.498. The molecule has 2 fully saturated rings. The second-order valence-electron chi connectivity index (χ2n) is 10.5. The molecule has 2 aliphatic heterocycles. The Morgan fingerprint density at radius 2 is 1.62 bits per heavy atom. The van der Waals surface area contributed by atoms with E-state index in [0.717, 1.165) is 16.8 Å². The fourth-order valence-corrected chi connectivity index (χ4v) is 5.63. The molecule has 4 rings (SSSR count). The van der Waals surface area contributed by atoms with Crippen molar-refractivity contribution in [3.8, 4) is 0 Å². The fourth-order valence-electron chi connectivity index (χ4n) is 5.63. The minimum absolute atomic E-state index is 0.185. The summed E-state index contributed by atoms with van der Waals surface area (Å²) < 4.78 is 5.12. The van der Waals surface area contributed by atoms with E-state index < -0.39 is 35.4 Å². The molecule has 2 aromatic rings. The number of carbonyl (C=O) groups excluding carboxylic acids is 3. The lowest BCUT2D eigenvalue weighted by molar-refractivity contribution is -0.152. The number of hydrogen-bond acceptors (Lipinski definition) is 6. The molecular weight excluding hydrogens is 498 g/mol. The number of likely N-dealkylation sites (tertiary alicyclic amines) is 1. The van der Waals surface area contributed by atoms with E-state index in [1.165, 1.54) is 12.0 Å². The average molecular weight is 536 g/mol. The normalized spacial score (nSPS) is 20.1. The molecule has 208 valence electrons. The highest BCUT2D eigenvalue weighted by Crippen LogP contribution is 2.32. The third-order valence-corrected chi connectivity index (χ3v) is 8.18. The summed E-state index contributed by atoms with van der Waals surface area (Å²) in [5.74, 6) is -2.73. The molecular formula is C30H37N3O6. The topological polar surface area (TPSA) is 116 Å². The SMILES string of the molecule is COC(=O)C1(NC(=O)C(C)c2ccccc2)CCN(c2cccc(C(C)C(=O)N3CCC[C@H]3C(=O)O)c2)CC1. The third kappa shape index (κ3) is 5.92. The van der Waals surface area contributed by atoms with Crippen LogP contribution in [0.1, 0.15) is 62.5 Å². The molecule has 0 bridgehead atoms. The summed E-state index contributed by atoms with van der Waals surface area (Å²) in [5, 5.41) is 12.5. The van der Waals surface area contributed by atoms with Crippen molar-refractivity contribution < 1.29 is 29.0 Å². The number of ether oxygens (including phenoxy) is 1. The Morgan fingerprint density at radius 3 is 2.26 bits per heavy atom. The first-order valence-corrected chi connectivity index (χ1v) is 13.5. The highest BCUT2D eigenvalue weighted by Gasteiger charge is 2.44. The number of hydrogen-bond donors (Lipinski definition) is 2. The molecule has 0 radical (unpaired) electrons. The van der Waals surface area contributed by atoms with Crippen LogP contribution < -0.4 is 10.2 Å². The molecule has 0 spiro atoms. The molecule has 2 aliphatic rings. The predicted molar refractivity (Wildman–Crippen MR) is 146 cm³/mol. The summed E-state index contributed by atoms with van der Waals surface area (Å²) in [5.41, 5.74) is 1.47.